The molecule has 0 amide bonds. The fraction of sp³-hybridized carbons (Fsp3) is 0.600. The fourth-order valence-corrected chi connectivity index (χ4v) is 4.05. The van der Waals surface area contributed by atoms with Gasteiger partial charge in [-0.05, 0) is 7.05 Å². The van der Waals surface area contributed by atoms with E-state index >= 15 is 0 Å². The van der Waals surface area contributed by atoms with Crippen molar-refractivity contribution in [2.24, 2.45) is 0 Å². The Balaban J connectivity index is 0.000000286. The molecule has 2 aliphatic rings. The minimum atomic E-state index is -5.08. The van der Waals surface area contributed by atoms with Crippen LogP contribution in [0.5, 0.6) is 0 Å². The molecule has 2 N–H and O–H groups in total. The van der Waals surface area contributed by atoms with Gasteiger partial charge in [0.1, 0.15) is 10.8 Å². The predicted molar refractivity (Wildman–Crippen MR) is 119 cm³/mol. The molecule has 0 atom stereocenters. The Labute approximate surface area is 211 Å². The summed E-state index contributed by atoms with van der Waals surface area (Å²) < 4.78 is 65.9. The average Bonchev–Trinajstić information content (AvgIpc) is 3.45. The average molecular weight is 561 g/mol. The van der Waals surface area contributed by atoms with Crippen molar-refractivity contribution in [3.05, 3.63) is 34.3 Å². The van der Waals surface area contributed by atoms with E-state index in [-0.39, 0.29) is 0 Å². The number of likely N-dealkylation sites (N-methyl/N-ethyl adjacent to an activating group) is 1. The Morgan fingerprint density at radius 3 is 1.92 bits per heavy atom. The van der Waals surface area contributed by atoms with Gasteiger partial charge < -0.3 is 19.7 Å². The first-order chi connectivity index (χ1) is 17.2. The van der Waals surface area contributed by atoms with Crippen molar-refractivity contribution in [3.63, 3.8) is 0 Å². The van der Waals surface area contributed by atoms with Gasteiger partial charge in [-0.2, -0.15) is 26.3 Å². The van der Waals surface area contributed by atoms with E-state index in [4.69, 9.17) is 19.8 Å². The molecule has 0 spiro atoms. The van der Waals surface area contributed by atoms with E-state index in [1.165, 1.54) is 29.6 Å². The van der Waals surface area contributed by atoms with Crippen LogP contribution in [0.15, 0.2) is 17.8 Å². The number of aromatic nitrogens is 3. The van der Waals surface area contributed by atoms with E-state index in [0.29, 0.717) is 0 Å². The van der Waals surface area contributed by atoms with Gasteiger partial charge in [0.2, 0.25) is 0 Å². The highest BCUT2D eigenvalue weighted by Gasteiger charge is 2.38. The number of imidazole rings is 1. The van der Waals surface area contributed by atoms with Gasteiger partial charge in [-0.3, -0.25) is 9.80 Å². The van der Waals surface area contributed by atoms with E-state index in [9.17, 15) is 26.3 Å². The summed E-state index contributed by atoms with van der Waals surface area (Å²) in [6.07, 6.45) is -6.19. The number of carbonyl (C=O) groups is 2. The predicted octanol–water partition coefficient (Wildman–Crippen LogP) is 2.37. The summed E-state index contributed by atoms with van der Waals surface area (Å²) >= 11 is 1.74. The highest BCUT2D eigenvalue weighted by Crippen LogP contribution is 2.19. The Kier molecular flexibility index (Phi) is 10.8. The van der Waals surface area contributed by atoms with Crippen molar-refractivity contribution in [3.8, 4) is 0 Å². The van der Waals surface area contributed by atoms with Crippen molar-refractivity contribution in [2.75, 3.05) is 39.8 Å². The minimum absolute atomic E-state index is 0.933. The monoisotopic (exact) mass is 560 g/mol. The first-order valence-corrected chi connectivity index (χ1v) is 11.7. The van der Waals surface area contributed by atoms with E-state index in [1.54, 1.807) is 11.3 Å². The van der Waals surface area contributed by atoms with E-state index < -0.39 is 24.3 Å². The topological polar surface area (TPSA) is 115 Å². The first-order valence-electron chi connectivity index (χ1n) is 10.8. The molecule has 0 aliphatic carbocycles. The third kappa shape index (κ3) is 10.3. The SMILES string of the molecule is CN1CCN(Cc2cnc3n2CCN(Cc2nccs2)C3)CC1.O=C(O)C(F)(F)F.O=C(O)C(F)(F)F. The van der Waals surface area contributed by atoms with Crippen LogP contribution in [0, 0.1) is 0 Å². The Morgan fingerprint density at radius 1 is 0.892 bits per heavy atom. The first kappa shape index (κ1) is 30.5. The van der Waals surface area contributed by atoms with Crippen LogP contribution in [0.2, 0.25) is 0 Å². The number of fused-ring (bicyclic) bond motifs is 1. The quantitative estimate of drug-likeness (QED) is 0.544. The number of nitrogens with zero attached hydrogens (tertiary/aromatic N) is 6. The van der Waals surface area contributed by atoms with Crippen molar-refractivity contribution in [1.29, 1.82) is 0 Å². The lowest BCUT2D eigenvalue weighted by Gasteiger charge is -2.33. The molecular formula is C20H26F6N6O4S. The molecule has 2 aromatic heterocycles. The molecule has 0 radical (unpaired) electrons. The van der Waals surface area contributed by atoms with Gasteiger partial charge in [-0.15, -0.1) is 11.3 Å². The number of halogens is 6. The van der Waals surface area contributed by atoms with Gasteiger partial charge in [-0.1, -0.05) is 0 Å². The molecule has 0 aromatic carbocycles. The van der Waals surface area contributed by atoms with Crippen LogP contribution < -0.4 is 0 Å². The molecule has 0 unspecified atom stereocenters. The van der Waals surface area contributed by atoms with Crippen LogP contribution in [0.25, 0.3) is 0 Å². The molecule has 4 heterocycles. The molecule has 0 saturated carbocycles. The number of carboxylic acid groups (broad SMARTS) is 2. The van der Waals surface area contributed by atoms with Gasteiger partial charge in [0.15, 0.2) is 0 Å². The number of hydrogen-bond donors (Lipinski definition) is 2. The lowest BCUT2D eigenvalue weighted by Crippen LogP contribution is -2.44. The zero-order chi connectivity index (χ0) is 27.8. The third-order valence-corrected chi connectivity index (χ3v) is 6.10. The lowest BCUT2D eigenvalue weighted by atomic mass is 10.3. The maximum Gasteiger partial charge on any atom is 0.490 e. The third-order valence-electron chi connectivity index (χ3n) is 5.33. The number of rotatable bonds is 4. The van der Waals surface area contributed by atoms with Crippen molar-refractivity contribution in [1.82, 2.24) is 29.2 Å². The summed E-state index contributed by atoms with van der Waals surface area (Å²) in [6, 6.07) is 0. The highest BCUT2D eigenvalue weighted by molar-refractivity contribution is 7.09. The molecule has 4 rings (SSSR count). The van der Waals surface area contributed by atoms with E-state index in [1.807, 2.05) is 11.6 Å². The number of thiazole rings is 1. The number of piperazine rings is 1. The molecule has 10 nitrogen and oxygen atoms in total. The van der Waals surface area contributed by atoms with Crippen molar-refractivity contribution in [2.45, 2.75) is 38.5 Å². The molecule has 2 aromatic rings. The van der Waals surface area contributed by atoms with E-state index in [0.717, 1.165) is 45.8 Å². The summed E-state index contributed by atoms with van der Waals surface area (Å²) in [6.45, 7) is 9.70. The van der Waals surface area contributed by atoms with Gasteiger partial charge in [-0.25, -0.2) is 19.6 Å². The summed E-state index contributed by atoms with van der Waals surface area (Å²) in [5.41, 5.74) is 1.37. The van der Waals surface area contributed by atoms with Crippen molar-refractivity contribution < 1.29 is 46.1 Å². The Morgan fingerprint density at radius 2 is 1.43 bits per heavy atom. The molecule has 1 fully saturated rings. The second-order valence-corrected chi connectivity index (χ2v) is 9.12. The second-order valence-electron chi connectivity index (χ2n) is 8.14. The lowest BCUT2D eigenvalue weighted by molar-refractivity contribution is -0.193. The highest BCUT2D eigenvalue weighted by atomic mass is 32.1. The van der Waals surface area contributed by atoms with Crippen LogP contribution in [-0.2, 0) is 35.8 Å². The number of alkyl halides is 6. The zero-order valence-corrected chi connectivity index (χ0v) is 20.5. The Bertz CT molecular complexity index is 982. The number of aliphatic carboxylic acids is 2. The van der Waals surface area contributed by atoms with E-state index in [2.05, 4.69) is 42.5 Å². The van der Waals surface area contributed by atoms with Gasteiger partial charge in [0.25, 0.3) is 0 Å². The summed E-state index contributed by atoms with van der Waals surface area (Å²) in [5, 5.41) is 17.5. The molecule has 17 heteroatoms. The Hall–Kier alpha value is -2.76. The summed E-state index contributed by atoms with van der Waals surface area (Å²) in [5.74, 6) is -4.31. The normalized spacial score (nSPS) is 17.2. The second kappa shape index (κ2) is 13.2. The smallest absolute Gasteiger partial charge is 0.475 e. The number of hydrogen-bond acceptors (Lipinski definition) is 8. The molecule has 37 heavy (non-hydrogen) atoms. The summed E-state index contributed by atoms with van der Waals surface area (Å²) in [4.78, 5) is 34.3. The molecule has 2 aliphatic heterocycles. The van der Waals surface area contributed by atoms with Crippen LogP contribution >= 0.6 is 11.3 Å². The number of carboxylic acids is 2. The van der Waals surface area contributed by atoms with Crippen LogP contribution in [0.1, 0.15) is 16.5 Å². The van der Waals surface area contributed by atoms with Crippen LogP contribution in [-0.4, -0.2) is 104 Å². The molecule has 208 valence electrons. The molecule has 1 saturated heterocycles. The fourth-order valence-electron chi connectivity index (χ4n) is 3.39. The van der Waals surface area contributed by atoms with Gasteiger partial charge in [0, 0.05) is 63.6 Å². The van der Waals surface area contributed by atoms with Crippen LogP contribution in [0.4, 0.5) is 26.3 Å². The van der Waals surface area contributed by atoms with Gasteiger partial charge >= 0.3 is 24.3 Å². The molecular weight excluding hydrogens is 534 g/mol. The standard InChI is InChI=1S/C16H24N6S.2C2HF3O2/c1-19-3-5-20(6-4-19)11-14-10-18-15-12-21(7-8-22(14)15)13-16-17-2-9-23-16;2*3-2(4,5)1(6)7/h2,9-10H,3-8,11-13H2,1H3;2*(H,6,7). The maximum atomic E-state index is 10.6. The van der Waals surface area contributed by atoms with Crippen LogP contribution in [0.3, 0.4) is 0 Å². The van der Waals surface area contributed by atoms with Crippen molar-refractivity contribution >= 4 is 23.3 Å². The van der Waals surface area contributed by atoms with Gasteiger partial charge in [0.05, 0.1) is 18.8 Å². The molecule has 0 bridgehead atoms. The maximum absolute atomic E-state index is 10.6. The zero-order valence-electron chi connectivity index (χ0n) is 19.7. The minimum Gasteiger partial charge on any atom is -0.475 e. The largest absolute Gasteiger partial charge is 0.490 e. The summed E-state index contributed by atoms with van der Waals surface area (Å²) in [7, 11) is 2.20.